The quantitative estimate of drug-likeness (QED) is 0.460. The SMILES string of the molecule is CC1(C)C(=O)CCC2(C)C1CCC1(C)C2CCC2[C@H]3CCCC3(N3CC3)CC[C@]21C. The first kappa shape index (κ1) is 20.3. The summed E-state index contributed by atoms with van der Waals surface area (Å²) in [6.45, 7) is 15.4. The Hall–Kier alpha value is -0.370. The minimum Gasteiger partial charge on any atom is -0.299 e. The topological polar surface area (TPSA) is 20.1 Å². The maximum Gasteiger partial charge on any atom is 0.138 e. The third kappa shape index (κ3) is 2.19. The molecule has 0 N–H and O–H groups in total. The molecule has 6 fully saturated rings. The van der Waals surface area contributed by atoms with Gasteiger partial charge in [0.25, 0.3) is 0 Å². The Morgan fingerprint density at radius 3 is 2.23 bits per heavy atom. The van der Waals surface area contributed by atoms with Crippen molar-refractivity contribution >= 4 is 5.78 Å². The summed E-state index contributed by atoms with van der Waals surface area (Å²) in [6.07, 6.45) is 14.9. The molecule has 0 amide bonds. The summed E-state index contributed by atoms with van der Waals surface area (Å²) < 4.78 is 0. The van der Waals surface area contributed by atoms with E-state index in [1.807, 2.05) is 0 Å². The molecule has 168 valence electrons. The molecule has 1 aliphatic heterocycles. The third-order valence-corrected chi connectivity index (χ3v) is 13.1. The minimum atomic E-state index is -0.113. The number of fused-ring (bicyclic) bond motifs is 7. The highest BCUT2D eigenvalue weighted by atomic mass is 16.1. The molecule has 2 heteroatoms. The second-order valence-corrected chi connectivity index (χ2v) is 13.9. The molecule has 0 aromatic rings. The molecule has 6 rings (SSSR count). The molecular weight excluding hydrogens is 366 g/mol. The second kappa shape index (κ2) is 5.95. The second-order valence-electron chi connectivity index (χ2n) is 13.9. The van der Waals surface area contributed by atoms with Gasteiger partial charge in [0, 0.05) is 30.5 Å². The number of rotatable bonds is 1. The van der Waals surface area contributed by atoms with Gasteiger partial charge < -0.3 is 0 Å². The fourth-order valence-corrected chi connectivity index (χ4v) is 11.4. The van der Waals surface area contributed by atoms with E-state index < -0.39 is 0 Å². The maximum absolute atomic E-state index is 12.9. The summed E-state index contributed by atoms with van der Waals surface area (Å²) >= 11 is 0. The van der Waals surface area contributed by atoms with E-state index in [0.29, 0.717) is 33.5 Å². The van der Waals surface area contributed by atoms with Crippen LogP contribution in [0.3, 0.4) is 0 Å². The van der Waals surface area contributed by atoms with Gasteiger partial charge in [-0.25, -0.2) is 0 Å². The standard InChI is InChI=1S/C28H45NO/c1-24(2)21-10-14-27(5)22(25(21,3)13-11-23(24)30)9-8-19-20-7-6-12-28(20,29-17-18-29)16-15-26(19,27)4/h19-22H,6-18H2,1-5H3/t19?,20-,21?,22?,25?,26-,27?,28?/m1/s1. The lowest BCUT2D eigenvalue weighted by molar-refractivity contribution is -0.229. The fourth-order valence-electron chi connectivity index (χ4n) is 11.4. The molecule has 8 atom stereocenters. The van der Waals surface area contributed by atoms with Crippen molar-refractivity contribution in [3.05, 3.63) is 0 Å². The van der Waals surface area contributed by atoms with Crippen LogP contribution in [0.2, 0.25) is 0 Å². The number of hydrogen-bond acceptors (Lipinski definition) is 2. The Bertz CT molecular complexity index is 769. The summed E-state index contributed by atoms with van der Waals surface area (Å²) in [4.78, 5) is 15.8. The Morgan fingerprint density at radius 1 is 0.733 bits per heavy atom. The molecule has 1 saturated heterocycles. The number of carbonyl (C=O) groups excluding carboxylic acids is 1. The van der Waals surface area contributed by atoms with Crippen LogP contribution in [0.15, 0.2) is 0 Å². The van der Waals surface area contributed by atoms with Crippen molar-refractivity contribution in [2.24, 2.45) is 45.3 Å². The molecular formula is C28H45NO. The maximum atomic E-state index is 12.9. The minimum absolute atomic E-state index is 0.113. The van der Waals surface area contributed by atoms with E-state index in [2.05, 4.69) is 39.5 Å². The van der Waals surface area contributed by atoms with Crippen LogP contribution in [0.1, 0.15) is 105 Å². The molecule has 6 aliphatic rings. The van der Waals surface area contributed by atoms with E-state index in [1.54, 1.807) is 0 Å². The zero-order valence-electron chi connectivity index (χ0n) is 20.4. The van der Waals surface area contributed by atoms with E-state index >= 15 is 0 Å². The van der Waals surface area contributed by atoms with E-state index in [4.69, 9.17) is 0 Å². The highest BCUT2D eigenvalue weighted by Gasteiger charge is 2.70. The van der Waals surface area contributed by atoms with Crippen LogP contribution in [-0.4, -0.2) is 29.3 Å². The van der Waals surface area contributed by atoms with E-state index in [9.17, 15) is 4.79 Å². The van der Waals surface area contributed by atoms with Gasteiger partial charge in [-0.15, -0.1) is 0 Å². The molecule has 5 saturated carbocycles. The third-order valence-electron chi connectivity index (χ3n) is 13.1. The van der Waals surface area contributed by atoms with Crippen LogP contribution >= 0.6 is 0 Å². The molecule has 0 bridgehead atoms. The summed E-state index contributed by atoms with van der Waals surface area (Å²) in [6, 6.07) is 0. The van der Waals surface area contributed by atoms with Crippen molar-refractivity contribution in [2.45, 2.75) is 111 Å². The van der Waals surface area contributed by atoms with Gasteiger partial charge in [-0.3, -0.25) is 9.69 Å². The first-order valence-electron chi connectivity index (χ1n) is 13.4. The van der Waals surface area contributed by atoms with Gasteiger partial charge in [-0.2, -0.15) is 0 Å². The van der Waals surface area contributed by atoms with Crippen LogP contribution in [0.25, 0.3) is 0 Å². The number of hydrogen-bond donors (Lipinski definition) is 0. The normalized spacial score (nSPS) is 57.2. The molecule has 0 spiro atoms. The Labute approximate surface area is 184 Å². The van der Waals surface area contributed by atoms with Crippen LogP contribution in [0.4, 0.5) is 0 Å². The lowest BCUT2D eigenvalue weighted by Gasteiger charge is -2.72. The number of ketones is 1. The van der Waals surface area contributed by atoms with Crippen molar-refractivity contribution in [2.75, 3.05) is 13.1 Å². The molecule has 1 heterocycles. The van der Waals surface area contributed by atoms with Gasteiger partial charge in [0.05, 0.1) is 0 Å². The predicted octanol–water partition coefficient (Wildman–Crippen LogP) is 6.48. The average Bonchev–Trinajstić information content (AvgIpc) is 3.46. The van der Waals surface area contributed by atoms with Crippen molar-refractivity contribution in [3.63, 3.8) is 0 Å². The predicted molar refractivity (Wildman–Crippen MR) is 122 cm³/mol. The number of Topliss-reactive ketones (excluding diaryl/α,β-unsaturated/α-hetero) is 1. The summed E-state index contributed by atoms with van der Waals surface area (Å²) in [5.74, 6) is 3.85. The van der Waals surface area contributed by atoms with Crippen LogP contribution < -0.4 is 0 Å². The van der Waals surface area contributed by atoms with Crippen molar-refractivity contribution in [1.29, 1.82) is 0 Å². The Balaban J connectivity index is 1.38. The lowest BCUT2D eigenvalue weighted by atomic mass is 9.33. The first-order valence-corrected chi connectivity index (χ1v) is 13.4. The Morgan fingerprint density at radius 2 is 1.50 bits per heavy atom. The fraction of sp³-hybridized carbons (Fsp3) is 0.964. The first-order chi connectivity index (χ1) is 14.1. The van der Waals surface area contributed by atoms with Gasteiger partial charge in [0.15, 0.2) is 0 Å². The van der Waals surface area contributed by atoms with E-state index in [-0.39, 0.29) is 5.41 Å². The monoisotopic (exact) mass is 411 g/mol. The largest absolute Gasteiger partial charge is 0.299 e. The number of carbonyl (C=O) groups is 1. The van der Waals surface area contributed by atoms with Gasteiger partial charge in [-0.1, -0.05) is 41.0 Å². The highest BCUT2D eigenvalue weighted by molar-refractivity contribution is 5.85. The zero-order chi connectivity index (χ0) is 21.2. The smallest absolute Gasteiger partial charge is 0.138 e. The van der Waals surface area contributed by atoms with E-state index in [0.717, 1.165) is 30.6 Å². The van der Waals surface area contributed by atoms with Crippen molar-refractivity contribution < 1.29 is 4.79 Å². The lowest BCUT2D eigenvalue weighted by Crippen LogP contribution is -2.67. The molecule has 0 aromatic heterocycles. The van der Waals surface area contributed by atoms with Gasteiger partial charge in [0.2, 0.25) is 0 Å². The van der Waals surface area contributed by atoms with Gasteiger partial charge >= 0.3 is 0 Å². The zero-order valence-corrected chi connectivity index (χ0v) is 20.4. The summed E-state index contributed by atoms with van der Waals surface area (Å²) in [5, 5.41) is 0. The van der Waals surface area contributed by atoms with Crippen molar-refractivity contribution in [1.82, 2.24) is 4.90 Å². The van der Waals surface area contributed by atoms with Gasteiger partial charge in [0.1, 0.15) is 5.78 Å². The average molecular weight is 412 g/mol. The molecule has 5 aliphatic carbocycles. The van der Waals surface area contributed by atoms with Crippen LogP contribution in [0, 0.1) is 45.3 Å². The summed E-state index contributed by atoms with van der Waals surface area (Å²) in [7, 11) is 0. The molecule has 6 unspecified atom stereocenters. The van der Waals surface area contributed by atoms with Crippen LogP contribution in [-0.2, 0) is 4.79 Å². The van der Waals surface area contributed by atoms with Crippen LogP contribution in [0.5, 0.6) is 0 Å². The summed E-state index contributed by atoms with van der Waals surface area (Å²) in [5.41, 5.74) is 1.81. The molecule has 0 aromatic carbocycles. The highest BCUT2D eigenvalue weighted by Crippen LogP contribution is 2.76. The number of nitrogens with zero attached hydrogens (tertiary/aromatic N) is 1. The Kier molecular flexibility index (Phi) is 4.01. The molecule has 2 nitrogen and oxygen atoms in total. The van der Waals surface area contributed by atoms with E-state index in [1.165, 1.54) is 70.9 Å². The van der Waals surface area contributed by atoms with Crippen molar-refractivity contribution in [3.8, 4) is 0 Å². The molecule has 30 heavy (non-hydrogen) atoms. The van der Waals surface area contributed by atoms with Gasteiger partial charge in [-0.05, 0) is 97.7 Å². The molecule has 0 radical (unpaired) electrons.